The first-order chi connectivity index (χ1) is 11.9. The predicted octanol–water partition coefficient (Wildman–Crippen LogP) is 0.944. The van der Waals surface area contributed by atoms with Crippen molar-refractivity contribution >= 4 is 18.9 Å². The van der Waals surface area contributed by atoms with Crippen molar-refractivity contribution in [2.24, 2.45) is 0 Å². The van der Waals surface area contributed by atoms with Crippen molar-refractivity contribution in [2.45, 2.75) is 0 Å². The molecule has 24 heavy (non-hydrogen) atoms. The van der Waals surface area contributed by atoms with E-state index in [1.807, 2.05) is 43.0 Å². The average molecular weight is 511 g/mol. The molecular weight excluding hydrogens is 499 g/mol. The minimum absolute atomic E-state index is 0.194. The Kier molecular flexibility index (Phi) is 13.4. The molecule has 11 heteroatoms. The Bertz CT molecular complexity index is 634. The van der Waals surface area contributed by atoms with E-state index in [2.05, 4.69) is 32.1 Å². The summed E-state index contributed by atoms with van der Waals surface area (Å²) in [6, 6.07) is 5.62. The summed E-state index contributed by atoms with van der Waals surface area (Å²) < 4.78 is 23.3. The van der Waals surface area contributed by atoms with Crippen molar-refractivity contribution < 1.29 is 28.5 Å². The summed E-state index contributed by atoms with van der Waals surface area (Å²) in [6.07, 6.45) is 12.9. The van der Waals surface area contributed by atoms with E-state index < -0.39 is 0 Å². The smallest absolute Gasteiger partial charge is 0.260 e. The van der Waals surface area contributed by atoms with Gasteiger partial charge in [-0.1, -0.05) is 0 Å². The van der Waals surface area contributed by atoms with Crippen LogP contribution < -0.4 is 0 Å². The topological polar surface area (TPSA) is 93.3 Å². The van der Waals surface area contributed by atoms with E-state index in [9.17, 15) is 0 Å². The Morgan fingerprint density at radius 1 is 0.875 bits per heavy atom. The van der Waals surface area contributed by atoms with E-state index in [-0.39, 0.29) is 7.12 Å². The van der Waals surface area contributed by atoms with Crippen LogP contribution in [0.2, 0.25) is 0 Å². The zero-order valence-electron chi connectivity index (χ0n) is 12.6. The maximum absolute atomic E-state index is 7.50. The van der Waals surface area contributed by atoms with Gasteiger partial charge in [-0.05, 0) is 36.8 Å². The molecule has 0 aliphatic heterocycles. The van der Waals surface area contributed by atoms with Gasteiger partial charge in [-0.3, -0.25) is 0 Å². The molecule has 121 valence electrons. The third-order valence-corrected chi connectivity index (χ3v) is 4.33. The molecule has 0 atom stereocenters. The summed E-state index contributed by atoms with van der Waals surface area (Å²) in [5.74, 6) is 0. The molecule has 8 nitrogen and oxygen atoms in total. The summed E-state index contributed by atoms with van der Waals surface area (Å²) in [5, 5.41) is 12.7. The average Bonchev–Trinajstić information content (AvgIpc) is 3.43. The van der Waals surface area contributed by atoms with Crippen molar-refractivity contribution in [3.8, 4) is 3.53 Å². The van der Waals surface area contributed by atoms with Crippen molar-refractivity contribution in [1.82, 2.24) is 29.1 Å². The Morgan fingerprint density at radius 2 is 1.17 bits per heavy atom. The minimum atomic E-state index is -0.194. The summed E-state index contributed by atoms with van der Waals surface area (Å²) in [4.78, 5) is 0. The summed E-state index contributed by atoms with van der Waals surface area (Å²) >= 11 is 3.06. The van der Waals surface area contributed by atoms with Crippen molar-refractivity contribution in [3.63, 3.8) is 0 Å². The quantitative estimate of drug-likeness (QED) is 0.298. The van der Waals surface area contributed by atoms with Crippen LogP contribution in [0.3, 0.4) is 0 Å². The van der Waals surface area contributed by atoms with Gasteiger partial charge in [0.25, 0.3) is 7.12 Å². The second-order valence-electron chi connectivity index (χ2n) is 3.59. The van der Waals surface area contributed by atoms with Crippen molar-refractivity contribution in [2.75, 3.05) is 6.26 Å². The number of thioether (sulfide) groups is 1. The van der Waals surface area contributed by atoms with Crippen LogP contribution in [0, 0.1) is 16.8 Å². The number of hydrogen-bond acceptors (Lipinski definition) is 4. The van der Waals surface area contributed by atoms with Crippen LogP contribution in [0.25, 0.3) is 0 Å². The molecule has 0 bridgehead atoms. The molecule has 0 aliphatic rings. The van der Waals surface area contributed by atoms with Crippen molar-refractivity contribution in [1.29, 1.82) is 0 Å². The standard InChI is InChI=1S/C9H9BN6.C2H3S.2CO.W/c1-4-11-14(7-1)10(15-8-2-5-12-15)16-9-3-6-13-16;1-3-2;2*1-2;/h1-9H;1H3;;;/q-1;;;;+1. The fourth-order valence-corrected chi connectivity index (χ4v) is 1.62. The van der Waals surface area contributed by atoms with E-state index in [4.69, 9.17) is 9.30 Å². The first-order valence-electron chi connectivity index (χ1n) is 6.15. The Balaban J connectivity index is 0.000000573. The molecule has 3 heterocycles. The van der Waals surface area contributed by atoms with Gasteiger partial charge in [0.15, 0.2) is 0 Å². The van der Waals surface area contributed by atoms with Gasteiger partial charge in [0, 0.05) is 18.6 Å². The largest absolute Gasteiger partial charge is 0.425 e. The Labute approximate surface area is 154 Å². The Hall–Kier alpha value is -2.01. The molecule has 0 aromatic carbocycles. The predicted molar refractivity (Wildman–Crippen MR) is 83.9 cm³/mol. The molecule has 3 rings (SSSR count). The van der Waals surface area contributed by atoms with Crippen LogP contribution in [0.5, 0.6) is 0 Å². The van der Waals surface area contributed by atoms with E-state index in [0.717, 1.165) is 0 Å². The monoisotopic (exact) mass is 511 g/mol. The summed E-state index contributed by atoms with van der Waals surface area (Å²) in [5.41, 5.74) is 0. The SMILES string of the molecule is CS[C]#[W+].[C-]#[O+].[C-]#[O+].c1cnn([B-](n2cccn2)n2cccn2)c1. The molecule has 0 saturated heterocycles. The molecule has 0 saturated carbocycles. The molecule has 1 radical (unpaired) electrons. The maximum atomic E-state index is 7.50. The molecular formula is C13H12BN6O2SW. The van der Waals surface area contributed by atoms with Crippen LogP contribution in [-0.4, -0.2) is 42.4 Å². The van der Waals surface area contributed by atoms with E-state index in [0.29, 0.717) is 0 Å². The van der Waals surface area contributed by atoms with Gasteiger partial charge in [0.05, 0.1) is 0 Å². The molecule has 0 unspecified atom stereocenters. The molecule has 0 N–H and O–H groups in total. The number of nitrogens with zero attached hydrogens (tertiary/aromatic N) is 6. The van der Waals surface area contributed by atoms with E-state index in [1.54, 1.807) is 44.1 Å². The van der Waals surface area contributed by atoms with Crippen LogP contribution in [0.15, 0.2) is 55.4 Å². The fraction of sp³-hybridized carbons (Fsp3) is 0.0769. The minimum Gasteiger partial charge on any atom is -0.425 e. The van der Waals surface area contributed by atoms with E-state index >= 15 is 0 Å². The fourth-order valence-electron chi connectivity index (χ4n) is 1.62. The number of aromatic nitrogens is 6. The molecule has 3 aromatic rings. The third kappa shape index (κ3) is 7.05. The van der Waals surface area contributed by atoms with Gasteiger partial charge >= 0.3 is 63.3 Å². The first kappa shape index (κ1) is 22.0. The van der Waals surface area contributed by atoms with Crippen LogP contribution in [-0.2, 0) is 28.5 Å². The summed E-state index contributed by atoms with van der Waals surface area (Å²) in [7, 11) is -0.194. The molecule has 3 aromatic heterocycles. The van der Waals surface area contributed by atoms with Crippen LogP contribution >= 0.6 is 11.8 Å². The molecule has 0 fully saturated rings. The van der Waals surface area contributed by atoms with Crippen LogP contribution in [0.1, 0.15) is 0 Å². The van der Waals surface area contributed by atoms with E-state index in [1.165, 1.54) is 19.2 Å². The second-order valence-corrected chi connectivity index (χ2v) is 5.96. The zero-order valence-corrected chi connectivity index (χ0v) is 16.3. The normalized spacial score (nSPS) is 8.38. The second kappa shape index (κ2) is 14.6. The van der Waals surface area contributed by atoms with Crippen molar-refractivity contribution in [3.05, 3.63) is 68.7 Å². The molecule has 0 amide bonds. The first-order valence-corrected chi connectivity index (χ1v) is 8.84. The zero-order chi connectivity index (χ0) is 18.2. The Morgan fingerprint density at radius 3 is 1.33 bits per heavy atom. The number of rotatable bonds is 3. The molecule has 0 aliphatic carbocycles. The maximum Gasteiger partial charge on any atom is 0.260 e. The van der Waals surface area contributed by atoms with Gasteiger partial charge in [0.1, 0.15) is 0 Å². The van der Waals surface area contributed by atoms with Crippen LogP contribution in [0.4, 0.5) is 0 Å². The molecule has 0 spiro atoms. The van der Waals surface area contributed by atoms with Gasteiger partial charge in [-0.15, -0.1) is 0 Å². The van der Waals surface area contributed by atoms with Gasteiger partial charge in [0.2, 0.25) is 0 Å². The van der Waals surface area contributed by atoms with Gasteiger partial charge in [-0.2, -0.15) is 0 Å². The van der Waals surface area contributed by atoms with Gasteiger partial charge < -0.3 is 13.8 Å². The third-order valence-electron chi connectivity index (χ3n) is 2.37. The van der Waals surface area contributed by atoms with Gasteiger partial charge in [-0.25, -0.2) is 15.3 Å². The summed E-state index contributed by atoms with van der Waals surface area (Å²) in [6.45, 7) is 9.00. The number of hydrogen-bond donors (Lipinski definition) is 0.